The Bertz CT molecular complexity index is 489. The summed E-state index contributed by atoms with van der Waals surface area (Å²) in [5.41, 5.74) is 2.67. The van der Waals surface area contributed by atoms with Gasteiger partial charge in [0.25, 0.3) is 0 Å². The van der Waals surface area contributed by atoms with E-state index in [1.807, 2.05) is 4.90 Å². The molecule has 2 fully saturated rings. The smallest absolute Gasteiger partial charge is 0.317 e. The number of urea groups is 1. The molecule has 1 aromatic rings. The SMILES string of the molecule is Cc1ccc(C)n1C1CCN(C(=O)NC2CCCCC2)CC1. The molecule has 2 heterocycles. The molecule has 0 unspecified atom stereocenters. The van der Waals surface area contributed by atoms with E-state index in [1.54, 1.807) is 0 Å². The summed E-state index contributed by atoms with van der Waals surface area (Å²) in [5, 5.41) is 3.24. The quantitative estimate of drug-likeness (QED) is 0.887. The van der Waals surface area contributed by atoms with E-state index in [0.29, 0.717) is 12.1 Å². The molecule has 4 nitrogen and oxygen atoms in total. The van der Waals surface area contributed by atoms with Crippen LogP contribution in [0.5, 0.6) is 0 Å². The van der Waals surface area contributed by atoms with Crippen LogP contribution in [0.25, 0.3) is 0 Å². The minimum absolute atomic E-state index is 0.159. The maximum Gasteiger partial charge on any atom is 0.317 e. The summed E-state index contributed by atoms with van der Waals surface area (Å²) < 4.78 is 2.44. The van der Waals surface area contributed by atoms with Crippen LogP contribution in [0.1, 0.15) is 62.4 Å². The number of nitrogens with zero attached hydrogens (tertiary/aromatic N) is 2. The first-order chi connectivity index (χ1) is 10.6. The molecule has 0 atom stereocenters. The van der Waals surface area contributed by atoms with E-state index in [-0.39, 0.29) is 6.03 Å². The van der Waals surface area contributed by atoms with Crippen LogP contribution in [0.2, 0.25) is 0 Å². The van der Waals surface area contributed by atoms with Gasteiger partial charge in [-0.2, -0.15) is 0 Å². The average molecular weight is 303 g/mol. The Morgan fingerprint density at radius 3 is 2.18 bits per heavy atom. The van der Waals surface area contributed by atoms with Gasteiger partial charge >= 0.3 is 6.03 Å². The van der Waals surface area contributed by atoms with Gasteiger partial charge in [0, 0.05) is 36.6 Å². The Morgan fingerprint density at radius 2 is 1.59 bits per heavy atom. The maximum atomic E-state index is 12.4. The second-order valence-corrected chi connectivity index (χ2v) is 6.99. The van der Waals surface area contributed by atoms with Crippen LogP contribution in [0.3, 0.4) is 0 Å². The van der Waals surface area contributed by atoms with Crippen molar-refractivity contribution in [2.24, 2.45) is 0 Å². The summed E-state index contributed by atoms with van der Waals surface area (Å²) >= 11 is 0. The highest BCUT2D eigenvalue weighted by atomic mass is 16.2. The molecule has 0 radical (unpaired) electrons. The molecule has 4 heteroatoms. The fourth-order valence-corrected chi connectivity index (χ4v) is 4.10. The minimum Gasteiger partial charge on any atom is -0.346 e. The van der Waals surface area contributed by atoms with E-state index in [4.69, 9.17) is 0 Å². The Morgan fingerprint density at radius 1 is 1.00 bits per heavy atom. The Labute approximate surface area is 133 Å². The fraction of sp³-hybridized carbons (Fsp3) is 0.722. The number of rotatable bonds is 2. The summed E-state index contributed by atoms with van der Waals surface area (Å²) in [6, 6.07) is 5.50. The van der Waals surface area contributed by atoms with Crippen LogP contribution in [0.15, 0.2) is 12.1 Å². The van der Waals surface area contributed by atoms with Gasteiger partial charge < -0.3 is 14.8 Å². The topological polar surface area (TPSA) is 37.3 Å². The van der Waals surface area contributed by atoms with E-state index in [1.165, 1.54) is 30.7 Å². The van der Waals surface area contributed by atoms with E-state index < -0.39 is 0 Å². The van der Waals surface area contributed by atoms with Gasteiger partial charge in [-0.05, 0) is 51.7 Å². The number of nitrogens with one attached hydrogen (secondary N) is 1. The molecule has 1 aliphatic heterocycles. The number of carbonyl (C=O) groups is 1. The molecule has 2 aliphatic rings. The Balaban J connectivity index is 1.52. The number of likely N-dealkylation sites (tertiary alicyclic amines) is 1. The van der Waals surface area contributed by atoms with Crippen molar-refractivity contribution in [2.75, 3.05) is 13.1 Å². The average Bonchev–Trinajstić information content (AvgIpc) is 2.87. The van der Waals surface area contributed by atoms with Gasteiger partial charge in [-0.25, -0.2) is 4.79 Å². The molecule has 1 saturated carbocycles. The summed E-state index contributed by atoms with van der Waals surface area (Å²) in [5.74, 6) is 0. The van der Waals surface area contributed by atoms with E-state index in [9.17, 15) is 4.79 Å². The van der Waals surface area contributed by atoms with Crippen LogP contribution < -0.4 is 5.32 Å². The number of amides is 2. The predicted molar refractivity (Wildman–Crippen MR) is 89.2 cm³/mol. The first-order valence-corrected chi connectivity index (χ1v) is 8.85. The van der Waals surface area contributed by atoms with E-state index in [0.717, 1.165) is 38.8 Å². The zero-order valence-electron chi connectivity index (χ0n) is 14.0. The van der Waals surface area contributed by atoms with Crippen molar-refractivity contribution in [2.45, 2.75) is 70.9 Å². The fourth-order valence-electron chi connectivity index (χ4n) is 4.10. The Kier molecular flexibility index (Phi) is 4.74. The van der Waals surface area contributed by atoms with Gasteiger partial charge in [0.15, 0.2) is 0 Å². The van der Waals surface area contributed by atoms with Gasteiger partial charge in [-0.15, -0.1) is 0 Å². The van der Waals surface area contributed by atoms with Crippen LogP contribution in [0, 0.1) is 13.8 Å². The van der Waals surface area contributed by atoms with Gasteiger partial charge in [0.2, 0.25) is 0 Å². The second-order valence-electron chi connectivity index (χ2n) is 6.99. The number of aromatic nitrogens is 1. The first kappa shape index (κ1) is 15.4. The third kappa shape index (κ3) is 3.31. The number of piperidine rings is 1. The van der Waals surface area contributed by atoms with Crippen molar-refractivity contribution in [1.29, 1.82) is 0 Å². The van der Waals surface area contributed by atoms with Gasteiger partial charge in [0.1, 0.15) is 0 Å². The second kappa shape index (κ2) is 6.76. The zero-order chi connectivity index (χ0) is 15.5. The normalized spacial score (nSPS) is 21.1. The third-order valence-electron chi connectivity index (χ3n) is 5.38. The molecule has 3 rings (SSSR count). The van der Waals surface area contributed by atoms with Gasteiger partial charge in [-0.1, -0.05) is 19.3 Å². The highest BCUT2D eigenvalue weighted by Crippen LogP contribution is 2.26. The largest absolute Gasteiger partial charge is 0.346 e. The molecule has 1 aromatic heterocycles. The minimum atomic E-state index is 0.159. The van der Waals surface area contributed by atoms with E-state index >= 15 is 0 Å². The zero-order valence-corrected chi connectivity index (χ0v) is 14.0. The number of hydrogen-bond donors (Lipinski definition) is 1. The van der Waals surface area contributed by atoms with Gasteiger partial charge in [-0.3, -0.25) is 0 Å². The van der Waals surface area contributed by atoms with Crippen molar-refractivity contribution in [1.82, 2.24) is 14.8 Å². The lowest BCUT2D eigenvalue weighted by Crippen LogP contribution is -2.48. The van der Waals surface area contributed by atoms with Crippen molar-refractivity contribution in [3.63, 3.8) is 0 Å². The molecule has 0 aromatic carbocycles. The molecule has 0 spiro atoms. The van der Waals surface area contributed by atoms with Crippen LogP contribution in [-0.4, -0.2) is 34.6 Å². The highest BCUT2D eigenvalue weighted by Gasteiger charge is 2.26. The van der Waals surface area contributed by atoms with Gasteiger partial charge in [0.05, 0.1) is 0 Å². The van der Waals surface area contributed by atoms with Crippen molar-refractivity contribution in [3.8, 4) is 0 Å². The summed E-state index contributed by atoms with van der Waals surface area (Å²) in [6.45, 7) is 6.10. The molecule has 0 bridgehead atoms. The molecule has 1 aliphatic carbocycles. The molecular weight excluding hydrogens is 274 g/mol. The van der Waals surface area contributed by atoms with Crippen LogP contribution in [-0.2, 0) is 0 Å². The van der Waals surface area contributed by atoms with Crippen molar-refractivity contribution < 1.29 is 4.79 Å². The molecule has 22 heavy (non-hydrogen) atoms. The van der Waals surface area contributed by atoms with Crippen LogP contribution in [0.4, 0.5) is 4.79 Å². The standard InChI is InChI=1S/C18H29N3O/c1-14-8-9-15(2)21(14)17-10-12-20(13-11-17)18(22)19-16-6-4-3-5-7-16/h8-9,16-17H,3-7,10-13H2,1-2H3,(H,19,22). The monoisotopic (exact) mass is 303 g/mol. The Hall–Kier alpha value is -1.45. The summed E-state index contributed by atoms with van der Waals surface area (Å²) in [6.07, 6.45) is 8.29. The lowest BCUT2D eigenvalue weighted by Gasteiger charge is -2.35. The lowest BCUT2D eigenvalue weighted by atomic mass is 9.95. The summed E-state index contributed by atoms with van der Waals surface area (Å²) in [7, 11) is 0. The number of carbonyl (C=O) groups excluding carboxylic acids is 1. The maximum absolute atomic E-state index is 12.4. The third-order valence-corrected chi connectivity index (χ3v) is 5.38. The summed E-state index contributed by atoms with van der Waals surface area (Å²) in [4.78, 5) is 14.4. The number of hydrogen-bond acceptors (Lipinski definition) is 1. The molecule has 1 saturated heterocycles. The molecular formula is C18H29N3O. The van der Waals surface area contributed by atoms with Crippen molar-refractivity contribution in [3.05, 3.63) is 23.5 Å². The van der Waals surface area contributed by atoms with Crippen molar-refractivity contribution >= 4 is 6.03 Å². The molecule has 122 valence electrons. The number of aryl methyl sites for hydroxylation is 2. The highest BCUT2D eigenvalue weighted by molar-refractivity contribution is 5.74. The first-order valence-electron chi connectivity index (χ1n) is 8.85. The van der Waals surface area contributed by atoms with Crippen LogP contribution >= 0.6 is 0 Å². The lowest BCUT2D eigenvalue weighted by molar-refractivity contribution is 0.165. The van der Waals surface area contributed by atoms with E-state index in [2.05, 4.69) is 35.9 Å². The predicted octanol–water partition coefficient (Wildman–Crippen LogP) is 3.78. The molecule has 1 N–H and O–H groups in total. The molecule has 2 amide bonds.